The standard InChI is InChI=1S/C16H15ClFNO2/c17-12-6-7-13(14(18)10-12)16(21)19-15(8-9-20)11-4-2-1-3-5-11/h1-7,10,15,20H,8-9H2,(H,19,21). The van der Waals surface area contributed by atoms with Crippen molar-refractivity contribution in [3.8, 4) is 0 Å². The van der Waals surface area contributed by atoms with Crippen LogP contribution in [0.5, 0.6) is 0 Å². The fraction of sp³-hybridized carbons (Fsp3) is 0.188. The summed E-state index contributed by atoms with van der Waals surface area (Å²) in [6.45, 7) is -0.0804. The number of halogens is 2. The van der Waals surface area contributed by atoms with Gasteiger partial charge in [-0.25, -0.2) is 4.39 Å². The number of amides is 1. The molecule has 0 spiro atoms. The van der Waals surface area contributed by atoms with Crippen LogP contribution in [-0.2, 0) is 0 Å². The summed E-state index contributed by atoms with van der Waals surface area (Å²) in [5.41, 5.74) is 0.785. The van der Waals surface area contributed by atoms with Crippen LogP contribution >= 0.6 is 11.6 Å². The summed E-state index contributed by atoms with van der Waals surface area (Å²) in [7, 11) is 0. The van der Waals surface area contributed by atoms with Crippen LogP contribution in [0.25, 0.3) is 0 Å². The highest BCUT2D eigenvalue weighted by atomic mass is 35.5. The van der Waals surface area contributed by atoms with Gasteiger partial charge < -0.3 is 10.4 Å². The van der Waals surface area contributed by atoms with E-state index in [2.05, 4.69) is 5.32 Å². The molecule has 0 saturated heterocycles. The van der Waals surface area contributed by atoms with Crippen molar-refractivity contribution in [3.05, 3.63) is 70.5 Å². The Morgan fingerprint density at radius 3 is 2.57 bits per heavy atom. The van der Waals surface area contributed by atoms with Crippen molar-refractivity contribution >= 4 is 17.5 Å². The minimum absolute atomic E-state index is 0.0710. The topological polar surface area (TPSA) is 49.3 Å². The number of carbonyl (C=O) groups excluding carboxylic acids is 1. The molecule has 1 amide bonds. The molecular weight excluding hydrogens is 293 g/mol. The average molecular weight is 308 g/mol. The van der Waals surface area contributed by atoms with Crippen LogP contribution in [0.15, 0.2) is 48.5 Å². The molecule has 0 aromatic heterocycles. The molecule has 1 unspecified atom stereocenters. The molecule has 110 valence electrons. The van der Waals surface area contributed by atoms with Gasteiger partial charge >= 0.3 is 0 Å². The third kappa shape index (κ3) is 4.03. The molecule has 2 N–H and O–H groups in total. The number of carbonyl (C=O) groups is 1. The molecular formula is C16H15ClFNO2. The Balaban J connectivity index is 2.18. The molecule has 0 heterocycles. The number of benzene rings is 2. The second kappa shape index (κ2) is 7.20. The number of hydrogen-bond donors (Lipinski definition) is 2. The zero-order valence-corrected chi connectivity index (χ0v) is 12.0. The van der Waals surface area contributed by atoms with E-state index in [9.17, 15) is 9.18 Å². The summed E-state index contributed by atoms with van der Waals surface area (Å²) in [4.78, 5) is 12.2. The van der Waals surface area contributed by atoms with Crippen molar-refractivity contribution < 1.29 is 14.3 Å². The molecule has 2 aromatic rings. The highest BCUT2D eigenvalue weighted by Gasteiger charge is 2.17. The van der Waals surface area contributed by atoms with Gasteiger partial charge in [0.2, 0.25) is 0 Å². The van der Waals surface area contributed by atoms with E-state index >= 15 is 0 Å². The molecule has 2 rings (SSSR count). The van der Waals surface area contributed by atoms with Gasteiger partial charge in [-0.2, -0.15) is 0 Å². The average Bonchev–Trinajstić information content (AvgIpc) is 2.47. The smallest absolute Gasteiger partial charge is 0.254 e. The second-order valence-electron chi connectivity index (χ2n) is 4.57. The van der Waals surface area contributed by atoms with Crippen molar-refractivity contribution in [1.82, 2.24) is 5.32 Å². The van der Waals surface area contributed by atoms with E-state index in [0.717, 1.165) is 11.6 Å². The zero-order valence-electron chi connectivity index (χ0n) is 11.2. The molecule has 0 aliphatic carbocycles. The number of rotatable bonds is 5. The highest BCUT2D eigenvalue weighted by Crippen LogP contribution is 2.19. The molecule has 3 nitrogen and oxygen atoms in total. The molecule has 21 heavy (non-hydrogen) atoms. The summed E-state index contributed by atoms with van der Waals surface area (Å²) < 4.78 is 13.7. The number of nitrogens with one attached hydrogen (secondary N) is 1. The summed E-state index contributed by atoms with van der Waals surface area (Å²) in [6.07, 6.45) is 0.352. The Morgan fingerprint density at radius 1 is 1.24 bits per heavy atom. The van der Waals surface area contributed by atoms with Gasteiger partial charge in [-0.15, -0.1) is 0 Å². The van der Waals surface area contributed by atoms with E-state index in [0.29, 0.717) is 6.42 Å². The molecule has 5 heteroatoms. The molecule has 0 radical (unpaired) electrons. The predicted molar refractivity (Wildman–Crippen MR) is 79.8 cm³/mol. The molecule has 0 aliphatic rings. The molecule has 0 aliphatic heterocycles. The van der Waals surface area contributed by atoms with Gasteiger partial charge in [-0.05, 0) is 30.2 Å². The third-order valence-corrected chi connectivity index (χ3v) is 3.34. The van der Waals surface area contributed by atoms with Crippen molar-refractivity contribution in [2.24, 2.45) is 0 Å². The lowest BCUT2D eigenvalue weighted by molar-refractivity contribution is 0.0926. The Labute approximate surface area is 127 Å². The van der Waals surface area contributed by atoms with E-state index in [-0.39, 0.29) is 23.2 Å². The molecule has 0 saturated carbocycles. The number of aliphatic hydroxyl groups excluding tert-OH is 1. The van der Waals surface area contributed by atoms with E-state index in [4.69, 9.17) is 16.7 Å². The minimum atomic E-state index is -0.671. The van der Waals surface area contributed by atoms with Crippen molar-refractivity contribution in [1.29, 1.82) is 0 Å². The lowest BCUT2D eigenvalue weighted by Crippen LogP contribution is -2.29. The SMILES string of the molecule is O=C(NC(CCO)c1ccccc1)c1ccc(Cl)cc1F. The Morgan fingerprint density at radius 2 is 1.95 bits per heavy atom. The van der Waals surface area contributed by atoms with Gasteiger partial charge in [-0.3, -0.25) is 4.79 Å². The summed E-state index contributed by atoms with van der Waals surface area (Å²) >= 11 is 5.67. The molecule has 0 bridgehead atoms. The van der Waals surface area contributed by atoms with Crippen molar-refractivity contribution in [3.63, 3.8) is 0 Å². The maximum atomic E-state index is 13.7. The fourth-order valence-electron chi connectivity index (χ4n) is 2.05. The first-order valence-electron chi connectivity index (χ1n) is 6.53. The number of aliphatic hydroxyl groups is 1. The van der Waals surface area contributed by atoms with Gasteiger partial charge in [0.25, 0.3) is 5.91 Å². The van der Waals surface area contributed by atoms with Crippen molar-refractivity contribution in [2.75, 3.05) is 6.61 Å². The maximum Gasteiger partial charge on any atom is 0.254 e. The lowest BCUT2D eigenvalue weighted by Gasteiger charge is -2.18. The Hall–Kier alpha value is -1.91. The van der Waals surface area contributed by atoms with Crippen LogP contribution in [-0.4, -0.2) is 17.6 Å². The predicted octanol–water partition coefficient (Wildman–Crippen LogP) is 3.33. The normalized spacial score (nSPS) is 12.0. The third-order valence-electron chi connectivity index (χ3n) is 3.10. The first-order valence-corrected chi connectivity index (χ1v) is 6.91. The van der Waals surface area contributed by atoms with Gasteiger partial charge in [-0.1, -0.05) is 41.9 Å². The minimum Gasteiger partial charge on any atom is -0.396 e. The van der Waals surface area contributed by atoms with E-state index < -0.39 is 11.7 Å². The van der Waals surface area contributed by atoms with Crippen LogP contribution in [0.3, 0.4) is 0 Å². The van der Waals surface area contributed by atoms with Crippen molar-refractivity contribution in [2.45, 2.75) is 12.5 Å². The van der Waals surface area contributed by atoms with Crippen LogP contribution in [0, 0.1) is 5.82 Å². The first-order chi connectivity index (χ1) is 10.1. The lowest BCUT2D eigenvalue weighted by atomic mass is 10.0. The van der Waals surface area contributed by atoms with Crippen LogP contribution < -0.4 is 5.32 Å². The van der Waals surface area contributed by atoms with Gasteiger partial charge in [0.05, 0.1) is 11.6 Å². The largest absolute Gasteiger partial charge is 0.396 e. The Bertz CT molecular complexity index is 619. The van der Waals surface area contributed by atoms with Gasteiger partial charge in [0.15, 0.2) is 0 Å². The quantitative estimate of drug-likeness (QED) is 0.890. The first kappa shape index (κ1) is 15.5. The van der Waals surface area contributed by atoms with Gasteiger partial charge in [0, 0.05) is 11.6 Å². The highest BCUT2D eigenvalue weighted by molar-refractivity contribution is 6.30. The van der Waals surface area contributed by atoms with Gasteiger partial charge in [0.1, 0.15) is 5.82 Å². The van der Waals surface area contributed by atoms with E-state index in [1.54, 1.807) is 0 Å². The monoisotopic (exact) mass is 307 g/mol. The van der Waals surface area contributed by atoms with E-state index in [1.165, 1.54) is 12.1 Å². The van der Waals surface area contributed by atoms with Crippen LogP contribution in [0.2, 0.25) is 5.02 Å². The second-order valence-corrected chi connectivity index (χ2v) is 5.01. The molecule has 1 atom stereocenters. The Kier molecular flexibility index (Phi) is 5.31. The zero-order chi connectivity index (χ0) is 15.2. The molecule has 2 aromatic carbocycles. The van der Waals surface area contributed by atoms with E-state index in [1.807, 2.05) is 30.3 Å². The summed E-state index contributed by atoms with van der Waals surface area (Å²) in [5, 5.41) is 12.1. The fourth-order valence-corrected chi connectivity index (χ4v) is 2.21. The van der Waals surface area contributed by atoms with Crippen LogP contribution in [0.1, 0.15) is 28.4 Å². The summed E-state index contributed by atoms with van der Waals surface area (Å²) in [6, 6.07) is 12.8. The maximum absolute atomic E-state index is 13.7. The molecule has 0 fully saturated rings. The van der Waals surface area contributed by atoms with Crippen LogP contribution in [0.4, 0.5) is 4.39 Å². The summed E-state index contributed by atoms with van der Waals surface area (Å²) in [5.74, 6) is -1.21. The number of hydrogen-bond acceptors (Lipinski definition) is 2.